The van der Waals surface area contributed by atoms with Crippen LogP contribution in [0.15, 0.2) is 60.7 Å². The van der Waals surface area contributed by atoms with E-state index in [0.717, 1.165) is 25.3 Å². The molecule has 1 aliphatic heterocycles. The fraction of sp³-hybridized carbons (Fsp3) is 0.296. The van der Waals surface area contributed by atoms with E-state index >= 15 is 0 Å². The number of β-amino-alcohol motifs (C(OH)–C–C–N with tert-alkyl or cyclic N) is 1. The molecular formula is C27H31N3O5. The number of aliphatic hydroxyl groups excluding tert-OH is 1. The zero-order valence-corrected chi connectivity index (χ0v) is 20.0. The Kier molecular flexibility index (Phi) is 7.74. The lowest BCUT2D eigenvalue weighted by atomic mass is 9.98. The first-order valence-electron chi connectivity index (χ1n) is 11.5. The van der Waals surface area contributed by atoms with Crippen LogP contribution in [0.25, 0.3) is 0 Å². The van der Waals surface area contributed by atoms with E-state index in [1.807, 2.05) is 12.1 Å². The number of rotatable bonds is 9. The van der Waals surface area contributed by atoms with Crippen LogP contribution in [0.5, 0.6) is 17.2 Å². The summed E-state index contributed by atoms with van der Waals surface area (Å²) >= 11 is 0. The van der Waals surface area contributed by atoms with E-state index < -0.39 is 6.10 Å². The Labute approximate surface area is 205 Å². The van der Waals surface area contributed by atoms with E-state index in [1.54, 1.807) is 62.8 Å². The average Bonchev–Trinajstić information content (AvgIpc) is 2.87. The summed E-state index contributed by atoms with van der Waals surface area (Å²) in [5.41, 5.74) is 9.76. The van der Waals surface area contributed by atoms with E-state index in [9.17, 15) is 9.90 Å². The second-order valence-corrected chi connectivity index (χ2v) is 8.49. The molecule has 3 aromatic carbocycles. The number of hydrogen-bond donors (Lipinski definition) is 3. The van der Waals surface area contributed by atoms with Gasteiger partial charge >= 0.3 is 0 Å². The molecule has 1 heterocycles. The lowest BCUT2D eigenvalue weighted by molar-refractivity contribution is 0.0637. The Morgan fingerprint density at radius 3 is 2.43 bits per heavy atom. The van der Waals surface area contributed by atoms with Crippen molar-refractivity contribution in [2.45, 2.75) is 19.1 Å². The second kappa shape index (κ2) is 11.1. The first kappa shape index (κ1) is 24.4. The van der Waals surface area contributed by atoms with Crippen molar-refractivity contribution in [3.05, 3.63) is 77.4 Å². The molecule has 0 fully saturated rings. The monoisotopic (exact) mass is 477 g/mol. The van der Waals surface area contributed by atoms with Gasteiger partial charge in [0.25, 0.3) is 5.91 Å². The minimum Gasteiger partial charge on any atom is -0.493 e. The highest BCUT2D eigenvalue weighted by Gasteiger charge is 2.21. The molecule has 1 unspecified atom stereocenters. The van der Waals surface area contributed by atoms with E-state index in [1.165, 1.54) is 11.1 Å². The van der Waals surface area contributed by atoms with Crippen molar-refractivity contribution in [1.29, 1.82) is 0 Å². The maximum atomic E-state index is 12.4. The third kappa shape index (κ3) is 6.03. The molecule has 0 spiro atoms. The third-order valence-corrected chi connectivity index (χ3v) is 6.03. The molecular weight excluding hydrogens is 446 g/mol. The summed E-state index contributed by atoms with van der Waals surface area (Å²) in [5, 5.41) is 13.4. The number of hydrogen-bond acceptors (Lipinski definition) is 7. The van der Waals surface area contributed by atoms with Gasteiger partial charge in [0.1, 0.15) is 18.5 Å². The molecule has 0 saturated heterocycles. The van der Waals surface area contributed by atoms with Gasteiger partial charge in [-0.3, -0.25) is 9.69 Å². The van der Waals surface area contributed by atoms with E-state index in [4.69, 9.17) is 19.9 Å². The topological polar surface area (TPSA) is 106 Å². The molecule has 4 rings (SSSR count). The van der Waals surface area contributed by atoms with Gasteiger partial charge in [-0.25, -0.2) is 0 Å². The summed E-state index contributed by atoms with van der Waals surface area (Å²) in [6, 6.07) is 18.0. The Hall–Kier alpha value is -3.75. The summed E-state index contributed by atoms with van der Waals surface area (Å²) in [7, 11) is 3.27. The van der Waals surface area contributed by atoms with Crippen LogP contribution >= 0.6 is 0 Å². The number of ether oxygens (including phenoxy) is 3. The number of nitrogens with one attached hydrogen (secondary N) is 1. The molecule has 1 aliphatic rings. The fourth-order valence-electron chi connectivity index (χ4n) is 4.18. The smallest absolute Gasteiger partial charge is 0.257 e. The molecule has 0 radical (unpaired) electrons. The number of nitrogen functional groups attached to an aromatic ring is 1. The van der Waals surface area contributed by atoms with Gasteiger partial charge in [0.2, 0.25) is 0 Å². The summed E-state index contributed by atoms with van der Waals surface area (Å²) in [5.74, 6) is 1.79. The molecule has 3 aromatic rings. The van der Waals surface area contributed by atoms with Gasteiger partial charge in [-0.1, -0.05) is 12.1 Å². The van der Waals surface area contributed by atoms with Crippen LogP contribution in [-0.2, 0) is 13.0 Å². The molecule has 0 aliphatic carbocycles. The molecule has 8 nitrogen and oxygen atoms in total. The summed E-state index contributed by atoms with van der Waals surface area (Å²) in [4.78, 5) is 14.6. The lowest BCUT2D eigenvalue weighted by Crippen LogP contribution is -2.38. The molecule has 0 saturated carbocycles. The highest BCUT2D eigenvalue weighted by atomic mass is 16.5. The number of methoxy groups -OCH3 is 2. The van der Waals surface area contributed by atoms with Crippen molar-refractivity contribution in [2.75, 3.05) is 45.0 Å². The van der Waals surface area contributed by atoms with Crippen LogP contribution < -0.4 is 25.3 Å². The molecule has 35 heavy (non-hydrogen) atoms. The zero-order valence-electron chi connectivity index (χ0n) is 20.0. The van der Waals surface area contributed by atoms with Gasteiger partial charge in [0, 0.05) is 31.0 Å². The lowest BCUT2D eigenvalue weighted by Gasteiger charge is -2.31. The van der Waals surface area contributed by atoms with Gasteiger partial charge in [0.15, 0.2) is 11.5 Å². The number of fused-ring (bicyclic) bond motifs is 1. The van der Waals surface area contributed by atoms with Gasteiger partial charge in [-0.05, 0) is 66.1 Å². The van der Waals surface area contributed by atoms with Crippen LogP contribution in [0.4, 0.5) is 11.4 Å². The molecule has 0 aromatic heterocycles. The maximum Gasteiger partial charge on any atom is 0.257 e. The van der Waals surface area contributed by atoms with E-state index in [0.29, 0.717) is 35.0 Å². The predicted molar refractivity (Wildman–Crippen MR) is 135 cm³/mol. The fourth-order valence-corrected chi connectivity index (χ4v) is 4.18. The largest absolute Gasteiger partial charge is 0.493 e. The number of anilines is 2. The minimum absolute atomic E-state index is 0.168. The molecule has 4 N–H and O–H groups in total. The van der Waals surface area contributed by atoms with Crippen molar-refractivity contribution in [3.63, 3.8) is 0 Å². The number of carbonyl (C=O) groups is 1. The summed E-state index contributed by atoms with van der Waals surface area (Å²) in [6.07, 6.45) is 0.238. The van der Waals surface area contributed by atoms with Crippen molar-refractivity contribution < 1.29 is 24.1 Å². The molecule has 8 heteroatoms. The van der Waals surface area contributed by atoms with Crippen LogP contribution in [0.3, 0.4) is 0 Å². The molecule has 1 atom stereocenters. The number of nitrogens with two attached hydrogens (primary N) is 1. The molecule has 184 valence electrons. The number of nitrogens with zero attached hydrogens (tertiary/aromatic N) is 1. The van der Waals surface area contributed by atoms with Crippen LogP contribution in [0, 0.1) is 0 Å². The van der Waals surface area contributed by atoms with Crippen molar-refractivity contribution >= 4 is 17.3 Å². The van der Waals surface area contributed by atoms with Crippen molar-refractivity contribution in [1.82, 2.24) is 4.90 Å². The van der Waals surface area contributed by atoms with Gasteiger partial charge in [-0.2, -0.15) is 0 Å². The van der Waals surface area contributed by atoms with Gasteiger partial charge < -0.3 is 30.4 Å². The summed E-state index contributed by atoms with van der Waals surface area (Å²) in [6.45, 7) is 2.24. The van der Waals surface area contributed by atoms with E-state index in [-0.39, 0.29) is 12.5 Å². The van der Waals surface area contributed by atoms with Crippen LogP contribution in [-0.4, -0.2) is 55.9 Å². The highest BCUT2D eigenvalue weighted by molar-refractivity contribution is 6.07. The first-order chi connectivity index (χ1) is 17.0. The van der Waals surface area contributed by atoms with Crippen molar-refractivity contribution in [3.8, 4) is 17.2 Å². The molecule has 1 amide bonds. The first-order valence-corrected chi connectivity index (χ1v) is 11.5. The standard InChI is InChI=1S/C27H31N3O5/c1-33-25-13-18-11-12-30(15-19(18)14-26(25)34-2)16-21(31)17-35-22-9-7-20(8-10-22)29-27(32)23-5-3-4-6-24(23)28/h3-10,13-14,21,31H,11-12,15-17,28H2,1-2H3,(H,29,32). The number of benzene rings is 3. The Morgan fingerprint density at radius 2 is 1.74 bits per heavy atom. The molecule has 0 bridgehead atoms. The van der Waals surface area contributed by atoms with E-state index in [2.05, 4.69) is 10.2 Å². The highest BCUT2D eigenvalue weighted by Crippen LogP contribution is 2.33. The van der Waals surface area contributed by atoms with Crippen LogP contribution in [0.1, 0.15) is 21.5 Å². The number of amides is 1. The zero-order chi connectivity index (χ0) is 24.8. The minimum atomic E-state index is -0.642. The SMILES string of the molecule is COc1cc2c(cc1OC)CN(CC(O)COc1ccc(NC(=O)c3ccccc3N)cc1)CC2. The number of aliphatic hydroxyl groups is 1. The number of carbonyl (C=O) groups excluding carboxylic acids is 1. The average molecular weight is 478 g/mol. The number of para-hydroxylation sites is 1. The summed E-state index contributed by atoms with van der Waals surface area (Å²) < 4.78 is 16.6. The Morgan fingerprint density at radius 1 is 1.06 bits per heavy atom. The predicted octanol–water partition coefficient (Wildman–Crippen LogP) is 3.34. The second-order valence-electron chi connectivity index (χ2n) is 8.49. The maximum absolute atomic E-state index is 12.4. The van der Waals surface area contributed by atoms with Crippen LogP contribution in [0.2, 0.25) is 0 Å². The van der Waals surface area contributed by atoms with Crippen molar-refractivity contribution in [2.24, 2.45) is 0 Å². The van der Waals surface area contributed by atoms with Gasteiger partial charge in [0.05, 0.1) is 19.8 Å². The Balaban J connectivity index is 1.26. The third-order valence-electron chi connectivity index (χ3n) is 6.03. The Bertz CT molecular complexity index is 1170. The normalized spacial score (nSPS) is 14.0. The van der Waals surface area contributed by atoms with Gasteiger partial charge in [-0.15, -0.1) is 0 Å². The quantitative estimate of drug-likeness (QED) is 0.406.